The summed E-state index contributed by atoms with van der Waals surface area (Å²) >= 11 is 8.54. The van der Waals surface area contributed by atoms with E-state index in [0.29, 0.717) is 22.6 Å². The summed E-state index contributed by atoms with van der Waals surface area (Å²) in [5.41, 5.74) is 5.82. The van der Waals surface area contributed by atoms with Crippen molar-refractivity contribution in [3.8, 4) is 0 Å². The van der Waals surface area contributed by atoms with E-state index in [1.165, 1.54) is 12.6 Å². The van der Waals surface area contributed by atoms with Crippen molar-refractivity contribution in [2.24, 2.45) is 21.8 Å². The van der Waals surface area contributed by atoms with E-state index >= 15 is 0 Å². The number of fused-ring (bicyclic) bond motifs is 1. The Balaban J connectivity index is 1.68. The highest BCUT2D eigenvalue weighted by Crippen LogP contribution is 2.46. The minimum absolute atomic E-state index is 0.0416. The Kier molecular flexibility index (Phi) is 6.78. The number of amidine groups is 1. The van der Waals surface area contributed by atoms with Crippen LogP contribution in [-0.4, -0.2) is 34.5 Å². The second kappa shape index (κ2) is 9.82. The number of allylic oxidation sites excluding steroid dienone is 5. The van der Waals surface area contributed by atoms with Gasteiger partial charge in [-0.2, -0.15) is 0 Å². The minimum atomic E-state index is -1.06. The molecule has 1 aromatic carbocycles. The van der Waals surface area contributed by atoms with Crippen molar-refractivity contribution >= 4 is 34.9 Å². The maximum absolute atomic E-state index is 13.7. The van der Waals surface area contributed by atoms with Crippen molar-refractivity contribution in [1.82, 2.24) is 10.2 Å². The minimum Gasteiger partial charge on any atom is -0.372 e. The first-order chi connectivity index (χ1) is 16.9. The van der Waals surface area contributed by atoms with E-state index in [4.69, 9.17) is 21.6 Å². The van der Waals surface area contributed by atoms with Crippen molar-refractivity contribution in [3.05, 3.63) is 93.8 Å². The molecule has 0 aliphatic carbocycles. The molecule has 4 nitrogen and oxygen atoms in total. The van der Waals surface area contributed by atoms with Crippen LogP contribution in [0.15, 0.2) is 87.6 Å². The average Bonchev–Trinajstić information content (AvgIpc) is 3.58. The molecule has 2 unspecified atom stereocenters. The molecule has 182 valence electrons. The Morgan fingerprint density at radius 3 is 2.83 bits per heavy atom. The van der Waals surface area contributed by atoms with Gasteiger partial charge in [0.05, 0.1) is 11.4 Å². The number of aryl methyl sites for hydroxylation is 1. The molecule has 5 rings (SSSR count). The van der Waals surface area contributed by atoms with Crippen molar-refractivity contribution in [2.45, 2.75) is 44.8 Å². The van der Waals surface area contributed by atoms with Crippen molar-refractivity contribution in [3.63, 3.8) is 0 Å². The van der Waals surface area contributed by atoms with Crippen LogP contribution < -0.4 is 5.32 Å². The maximum atomic E-state index is 13.7. The van der Waals surface area contributed by atoms with Crippen LogP contribution in [0.5, 0.6) is 0 Å². The number of rotatable bonds is 6. The summed E-state index contributed by atoms with van der Waals surface area (Å²) in [5.74, 6) is 1.79. The summed E-state index contributed by atoms with van der Waals surface area (Å²) in [7, 11) is 0. The SMILES string of the molecule is C=C[C@@H](C)[C@H]1CC2=C(C3=N/C(=C/C(C)F)C=C3)[C@H](c3ccc(C)cc3Cl)N=C(C3NC=CS3)N2C1. The highest BCUT2D eigenvalue weighted by molar-refractivity contribution is 8.03. The number of aliphatic imine (C=N–C) groups is 2. The number of hydrogen-bond donors (Lipinski definition) is 1. The smallest absolute Gasteiger partial charge is 0.138 e. The Hall–Kier alpha value is -2.57. The van der Waals surface area contributed by atoms with Crippen LogP contribution in [0, 0.1) is 18.8 Å². The molecule has 0 saturated carbocycles. The fourth-order valence-electron chi connectivity index (χ4n) is 5.08. The third kappa shape index (κ3) is 4.66. The van der Waals surface area contributed by atoms with Gasteiger partial charge < -0.3 is 10.2 Å². The van der Waals surface area contributed by atoms with Gasteiger partial charge in [-0.25, -0.2) is 9.38 Å². The van der Waals surface area contributed by atoms with Crippen LogP contribution in [0.3, 0.4) is 0 Å². The number of alkyl halides is 1. The Morgan fingerprint density at radius 2 is 2.14 bits per heavy atom. The zero-order valence-corrected chi connectivity index (χ0v) is 21.8. The van der Waals surface area contributed by atoms with Crippen LogP contribution in [-0.2, 0) is 0 Å². The third-order valence-corrected chi connectivity index (χ3v) is 8.23. The van der Waals surface area contributed by atoms with Gasteiger partial charge in [-0.05, 0) is 72.9 Å². The summed E-state index contributed by atoms with van der Waals surface area (Å²) in [5, 5.41) is 6.25. The number of benzene rings is 1. The molecule has 1 N–H and O–H groups in total. The first-order valence-electron chi connectivity index (χ1n) is 12.0. The zero-order chi connectivity index (χ0) is 24.7. The molecule has 0 bridgehead atoms. The van der Waals surface area contributed by atoms with Crippen molar-refractivity contribution < 1.29 is 4.39 Å². The molecule has 35 heavy (non-hydrogen) atoms. The number of nitrogens with zero attached hydrogens (tertiary/aromatic N) is 3. The molecule has 0 aromatic heterocycles. The topological polar surface area (TPSA) is 40.0 Å². The fourth-order valence-corrected chi connectivity index (χ4v) is 6.19. The van der Waals surface area contributed by atoms with Gasteiger partial charge in [0, 0.05) is 29.0 Å². The molecule has 1 saturated heterocycles. The highest BCUT2D eigenvalue weighted by atomic mass is 35.5. The third-order valence-electron chi connectivity index (χ3n) is 6.99. The van der Waals surface area contributed by atoms with Gasteiger partial charge in [-0.3, -0.25) is 4.99 Å². The Labute approximate surface area is 216 Å². The van der Waals surface area contributed by atoms with Gasteiger partial charge in [-0.1, -0.05) is 48.5 Å². The largest absolute Gasteiger partial charge is 0.372 e. The normalized spacial score (nSPS) is 28.2. The lowest BCUT2D eigenvalue weighted by atomic mass is 9.88. The van der Waals surface area contributed by atoms with Gasteiger partial charge >= 0.3 is 0 Å². The van der Waals surface area contributed by atoms with E-state index in [0.717, 1.165) is 41.2 Å². The van der Waals surface area contributed by atoms with E-state index in [2.05, 4.69) is 41.3 Å². The average molecular weight is 509 g/mol. The zero-order valence-electron chi connectivity index (χ0n) is 20.2. The van der Waals surface area contributed by atoms with E-state index in [9.17, 15) is 4.39 Å². The molecule has 5 atom stereocenters. The van der Waals surface area contributed by atoms with E-state index in [1.807, 2.05) is 37.4 Å². The first kappa shape index (κ1) is 24.1. The van der Waals surface area contributed by atoms with Crippen molar-refractivity contribution in [2.75, 3.05) is 6.54 Å². The second-order valence-corrected chi connectivity index (χ2v) is 11.0. The van der Waals surface area contributed by atoms with Gasteiger partial charge in [-0.15, -0.1) is 6.58 Å². The lowest BCUT2D eigenvalue weighted by Gasteiger charge is -2.35. The van der Waals surface area contributed by atoms with Gasteiger partial charge in [0.1, 0.15) is 23.4 Å². The molecular formula is C28H30ClFN4S. The predicted molar refractivity (Wildman–Crippen MR) is 146 cm³/mol. The molecular weight excluding hydrogens is 479 g/mol. The molecule has 4 heterocycles. The quantitative estimate of drug-likeness (QED) is 0.425. The van der Waals surface area contributed by atoms with Gasteiger partial charge in [0.15, 0.2) is 0 Å². The molecule has 7 heteroatoms. The van der Waals surface area contributed by atoms with Crippen LogP contribution >= 0.6 is 23.4 Å². The number of thioether (sulfide) groups is 1. The van der Waals surface area contributed by atoms with Crippen LogP contribution in [0.25, 0.3) is 0 Å². The second-order valence-electron chi connectivity index (χ2n) is 9.53. The van der Waals surface area contributed by atoms with E-state index < -0.39 is 6.17 Å². The van der Waals surface area contributed by atoms with Crippen LogP contribution in [0.1, 0.15) is 37.4 Å². The summed E-state index contributed by atoms with van der Waals surface area (Å²) in [4.78, 5) is 12.5. The molecule has 0 spiro atoms. The Morgan fingerprint density at radius 1 is 1.31 bits per heavy atom. The van der Waals surface area contributed by atoms with Gasteiger partial charge in [0.25, 0.3) is 0 Å². The van der Waals surface area contributed by atoms with E-state index in [1.54, 1.807) is 17.8 Å². The summed E-state index contributed by atoms with van der Waals surface area (Å²) in [6, 6.07) is 5.85. The van der Waals surface area contributed by atoms with Crippen molar-refractivity contribution in [1.29, 1.82) is 0 Å². The lowest BCUT2D eigenvalue weighted by Crippen LogP contribution is -2.43. The summed E-state index contributed by atoms with van der Waals surface area (Å²) in [6.45, 7) is 10.7. The van der Waals surface area contributed by atoms with Crippen LogP contribution in [0.2, 0.25) is 5.02 Å². The van der Waals surface area contributed by atoms with Gasteiger partial charge in [0.2, 0.25) is 0 Å². The number of hydrogen-bond acceptors (Lipinski definition) is 5. The predicted octanol–water partition coefficient (Wildman–Crippen LogP) is 6.89. The maximum Gasteiger partial charge on any atom is 0.138 e. The molecule has 0 radical (unpaired) electrons. The fraction of sp³-hybridized carbons (Fsp3) is 0.357. The monoisotopic (exact) mass is 508 g/mol. The summed E-state index contributed by atoms with van der Waals surface area (Å²) in [6.07, 6.45) is 9.26. The molecule has 0 amide bonds. The molecule has 1 fully saturated rings. The standard InChI is InChI=1S/C28H30ClFN4S/c1-5-17(3)19-14-24-25(23-9-7-20(32-23)13-18(4)30)26(21-8-6-16(2)12-22(21)29)33-27(34(24)15-19)28-31-10-11-35-28/h5-13,17-19,26,28,31H,1,14-15H2,2-4H3/b20-13+/t17-,18?,19+,26+,28?/m1/s1. The van der Waals surface area contributed by atoms with Crippen LogP contribution in [0.4, 0.5) is 4.39 Å². The van der Waals surface area contributed by atoms with E-state index in [-0.39, 0.29) is 11.4 Å². The summed E-state index contributed by atoms with van der Waals surface area (Å²) < 4.78 is 13.7. The molecule has 4 aliphatic heterocycles. The first-order valence-corrected chi connectivity index (χ1v) is 13.3. The molecule has 4 aliphatic rings. The lowest BCUT2D eigenvalue weighted by molar-refractivity contribution is 0.416. The molecule has 1 aromatic rings. The highest BCUT2D eigenvalue weighted by Gasteiger charge is 2.43. The number of nitrogens with one attached hydrogen (secondary N) is 1. The Bertz CT molecular complexity index is 1220. The number of halogens is 2.